The van der Waals surface area contributed by atoms with Crippen LogP contribution in [0, 0.1) is 11.3 Å². The lowest BCUT2D eigenvalue weighted by atomic mass is 9.98. The van der Waals surface area contributed by atoms with Gasteiger partial charge >= 0.3 is 5.97 Å². The van der Waals surface area contributed by atoms with E-state index in [1.54, 1.807) is 0 Å². The first kappa shape index (κ1) is 19.7. The average Bonchev–Trinajstić information content (AvgIpc) is 2.70. The molecule has 2 aromatic carbocycles. The lowest BCUT2D eigenvalue weighted by molar-refractivity contribution is -0.137. The third-order valence-electron chi connectivity index (χ3n) is 3.86. The number of nitrogens with one attached hydrogen (secondary N) is 2. The summed E-state index contributed by atoms with van der Waals surface area (Å²) in [4.78, 5) is 23.1. The van der Waals surface area contributed by atoms with Crippen molar-refractivity contribution in [2.75, 3.05) is 6.54 Å². The molecule has 0 atom stereocenters. The standard InChI is InChI=1S/C21H21N3O3/c22-14-18(15-23-13-7-12-19(25)26)21(27)24-20(16-8-3-1-4-9-16)17-10-5-2-6-11-17/h1-6,8-11,15,20,23H,7,12-13H2,(H,24,27)(H,25,26)/b18-15-. The number of nitriles is 1. The van der Waals surface area contributed by atoms with Crippen LogP contribution in [0.4, 0.5) is 0 Å². The lowest BCUT2D eigenvalue weighted by Crippen LogP contribution is -2.31. The molecule has 2 aromatic rings. The van der Waals surface area contributed by atoms with E-state index in [2.05, 4.69) is 10.6 Å². The topological polar surface area (TPSA) is 102 Å². The van der Waals surface area contributed by atoms with Gasteiger partial charge in [-0.05, 0) is 17.5 Å². The first-order valence-electron chi connectivity index (χ1n) is 8.58. The summed E-state index contributed by atoms with van der Waals surface area (Å²) in [7, 11) is 0. The number of carbonyl (C=O) groups is 2. The third kappa shape index (κ3) is 6.33. The van der Waals surface area contributed by atoms with E-state index in [0.29, 0.717) is 13.0 Å². The van der Waals surface area contributed by atoms with Crippen LogP contribution in [0.2, 0.25) is 0 Å². The predicted octanol–water partition coefficient (Wildman–Crippen LogP) is 2.75. The van der Waals surface area contributed by atoms with E-state index in [-0.39, 0.29) is 18.0 Å². The van der Waals surface area contributed by atoms with Gasteiger partial charge in [-0.15, -0.1) is 0 Å². The minimum Gasteiger partial charge on any atom is -0.481 e. The number of carboxylic acid groups (broad SMARTS) is 1. The molecule has 0 bridgehead atoms. The Balaban J connectivity index is 2.10. The highest BCUT2D eigenvalue weighted by molar-refractivity contribution is 5.97. The first-order chi connectivity index (χ1) is 13.1. The first-order valence-corrected chi connectivity index (χ1v) is 8.58. The molecule has 0 unspecified atom stereocenters. The van der Waals surface area contributed by atoms with Gasteiger partial charge in [0, 0.05) is 19.2 Å². The Kier molecular flexibility index (Phi) is 7.61. The van der Waals surface area contributed by atoms with Gasteiger partial charge in [-0.25, -0.2) is 0 Å². The molecule has 0 saturated carbocycles. The summed E-state index contributed by atoms with van der Waals surface area (Å²) >= 11 is 0. The van der Waals surface area contributed by atoms with Crippen molar-refractivity contribution >= 4 is 11.9 Å². The van der Waals surface area contributed by atoms with Crippen LogP contribution >= 0.6 is 0 Å². The summed E-state index contributed by atoms with van der Waals surface area (Å²) in [5.74, 6) is -1.38. The molecule has 138 valence electrons. The van der Waals surface area contributed by atoms with Crippen molar-refractivity contribution in [1.29, 1.82) is 5.26 Å². The fraction of sp³-hybridized carbons (Fsp3) is 0.190. The van der Waals surface area contributed by atoms with Crippen LogP contribution in [0.3, 0.4) is 0 Å². The monoisotopic (exact) mass is 363 g/mol. The molecule has 0 spiro atoms. The van der Waals surface area contributed by atoms with E-state index in [1.807, 2.05) is 66.7 Å². The fourth-order valence-corrected chi connectivity index (χ4v) is 2.52. The largest absolute Gasteiger partial charge is 0.481 e. The molecule has 6 heteroatoms. The van der Waals surface area contributed by atoms with E-state index in [1.165, 1.54) is 6.20 Å². The van der Waals surface area contributed by atoms with Gasteiger partial charge in [0.1, 0.15) is 11.6 Å². The van der Waals surface area contributed by atoms with Gasteiger partial charge in [-0.3, -0.25) is 9.59 Å². The van der Waals surface area contributed by atoms with E-state index >= 15 is 0 Å². The Morgan fingerprint density at radius 2 is 1.59 bits per heavy atom. The van der Waals surface area contributed by atoms with Gasteiger partial charge in [0.15, 0.2) is 0 Å². The van der Waals surface area contributed by atoms with Gasteiger partial charge in [-0.1, -0.05) is 60.7 Å². The van der Waals surface area contributed by atoms with Crippen LogP contribution < -0.4 is 10.6 Å². The Hall–Kier alpha value is -3.59. The third-order valence-corrected chi connectivity index (χ3v) is 3.86. The Bertz CT molecular complexity index is 787. The molecule has 2 rings (SSSR count). The number of amides is 1. The SMILES string of the molecule is N#C/C(=C/NCCCC(=O)O)C(=O)NC(c1ccccc1)c1ccccc1. The van der Waals surface area contributed by atoms with Gasteiger partial charge in [-0.2, -0.15) is 5.26 Å². The zero-order chi connectivity index (χ0) is 19.5. The molecule has 0 saturated heterocycles. The van der Waals surface area contributed by atoms with E-state index in [0.717, 1.165) is 11.1 Å². The maximum Gasteiger partial charge on any atom is 0.303 e. The van der Waals surface area contributed by atoms with E-state index < -0.39 is 11.9 Å². The zero-order valence-corrected chi connectivity index (χ0v) is 14.8. The van der Waals surface area contributed by atoms with E-state index in [4.69, 9.17) is 5.11 Å². The number of hydrogen-bond acceptors (Lipinski definition) is 4. The molecule has 27 heavy (non-hydrogen) atoms. The van der Waals surface area contributed by atoms with Gasteiger partial charge in [0.2, 0.25) is 0 Å². The van der Waals surface area contributed by atoms with Crippen molar-refractivity contribution in [3.63, 3.8) is 0 Å². The molecule has 0 radical (unpaired) electrons. The molecule has 0 aliphatic heterocycles. The van der Waals surface area contributed by atoms with Crippen LogP contribution in [0.25, 0.3) is 0 Å². The Morgan fingerprint density at radius 1 is 1.04 bits per heavy atom. The molecular formula is C21H21N3O3. The second-order valence-electron chi connectivity index (χ2n) is 5.85. The number of rotatable bonds is 9. The van der Waals surface area contributed by atoms with Crippen molar-refractivity contribution < 1.29 is 14.7 Å². The summed E-state index contributed by atoms with van der Waals surface area (Å²) in [6.45, 7) is 0.367. The summed E-state index contributed by atoms with van der Waals surface area (Å²) in [5.41, 5.74) is 1.75. The van der Waals surface area contributed by atoms with Crippen molar-refractivity contribution in [2.24, 2.45) is 0 Å². The van der Waals surface area contributed by atoms with Crippen LogP contribution in [-0.2, 0) is 9.59 Å². The van der Waals surface area contributed by atoms with Gasteiger partial charge in [0.25, 0.3) is 5.91 Å². The highest BCUT2D eigenvalue weighted by Crippen LogP contribution is 2.22. The van der Waals surface area contributed by atoms with Crippen LogP contribution in [0.5, 0.6) is 0 Å². The van der Waals surface area contributed by atoms with Crippen LogP contribution in [-0.4, -0.2) is 23.5 Å². The van der Waals surface area contributed by atoms with Gasteiger partial charge < -0.3 is 15.7 Å². The number of carbonyl (C=O) groups excluding carboxylic acids is 1. The number of aliphatic carboxylic acids is 1. The molecule has 0 fully saturated rings. The zero-order valence-electron chi connectivity index (χ0n) is 14.8. The van der Waals surface area contributed by atoms with Crippen LogP contribution in [0.15, 0.2) is 72.4 Å². The Labute approximate surface area is 158 Å². The van der Waals surface area contributed by atoms with E-state index in [9.17, 15) is 14.9 Å². The average molecular weight is 363 g/mol. The molecule has 0 aliphatic rings. The molecule has 0 aliphatic carbocycles. The van der Waals surface area contributed by atoms with Crippen molar-refractivity contribution in [2.45, 2.75) is 18.9 Å². The summed E-state index contributed by atoms with van der Waals surface area (Å²) in [6.07, 6.45) is 1.76. The van der Waals surface area contributed by atoms with Gasteiger partial charge in [0.05, 0.1) is 6.04 Å². The van der Waals surface area contributed by atoms with Crippen molar-refractivity contribution in [1.82, 2.24) is 10.6 Å². The van der Waals surface area contributed by atoms with Crippen molar-refractivity contribution in [3.8, 4) is 6.07 Å². The quantitative estimate of drug-likeness (QED) is 0.361. The molecular weight excluding hydrogens is 342 g/mol. The molecule has 1 amide bonds. The second-order valence-corrected chi connectivity index (χ2v) is 5.85. The highest BCUT2D eigenvalue weighted by Gasteiger charge is 2.18. The number of nitrogens with zero attached hydrogens (tertiary/aromatic N) is 1. The van der Waals surface area contributed by atoms with Crippen LogP contribution in [0.1, 0.15) is 30.0 Å². The summed E-state index contributed by atoms with van der Waals surface area (Å²) < 4.78 is 0. The normalized spacial score (nSPS) is 10.9. The number of benzene rings is 2. The minimum atomic E-state index is -0.882. The Morgan fingerprint density at radius 3 is 2.07 bits per heavy atom. The second kappa shape index (κ2) is 10.4. The fourth-order valence-electron chi connectivity index (χ4n) is 2.52. The molecule has 0 heterocycles. The molecule has 6 nitrogen and oxygen atoms in total. The molecule has 3 N–H and O–H groups in total. The maximum absolute atomic E-state index is 12.6. The highest BCUT2D eigenvalue weighted by atomic mass is 16.4. The summed E-state index contributed by atoms with van der Waals surface area (Å²) in [5, 5.41) is 23.6. The summed E-state index contributed by atoms with van der Waals surface area (Å²) in [6, 6.07) is 20.5. The minimum absolute atomic E-state index is 0.0268. The van der Waals surface area contributed by atoms with Crippen molar-refractivity contribution in [3.05, 3.63) is 83.6 Å². The number of carboxylic acids is 1. The number of hydrogen-bond donors (Lipinski definition) is 3. The predicted molar refractivity (Wildman–Crippen MR) is 101 cm³/mol. The maximum atomic E-state index is 12.6. The lowest BCUT2D eigenvalue weighted by Gasteiger charge is -2.19. The smallest absolute Gasteiger partial charge is 0.303 e. The molecule has 0 aromatic heterocycles.